The Morgan fingerprint density at radius 1 is 1.03 bits per heavy atom. The first kappa shape index (κ1) is 20.9. The summed E-state index contributed by atoms with van der Waals surface area (Å²) < 4.78 is 5.15. The van der Waals surface area contributed by atoms with E-state index in [0.29, 0.717) is 12.6 Å². The van der Waals surface area contributed by atoms with E-state index >= 15 is 0 Å². The molecule has 0 bridgehead atoms. The first-order valence-electron chi connectivity index (χ1n) is 10.6. The number of pyridine rings is 1. The molecule has 2 amide bonds. The summed E-state index contributed by atoms with van der Waals surface area (Å²) in [5, 5.41) is 5.77. The number of nitrogens with one attached hydrogen (secondary N) is 2. The maximum Gasteiger partial charge on any atom is 0.319 e. The van der Waals surface area contributed by atoms with Gasteiger partial charge in [0.15, 0.2) is 0 Å². The largest absolute Gasteiger partial charge is 0.497 e. The smallest absolute Gasteiger partial charge is 0.319 e. The van der Waals surface area contributed by atoms with Crippen LogP contribution >= 0.6 is 0 Å². The van der Waals surface area contributed by atoms with Gasteiger partial charge in [0, 0.05) is 37.2 Å². The Hall–Kier alpha value is -3.38. The first-order valence-corrected chi connectivity index (χ1v) is 10.6. The third kappa shape index (κ3) is 5.61. The van der Waals surface area contributed by atoms with Crippen LogP contribution < -0.4 is 15.4 Å². The standard InChI is InChI=1S/C25H28N4O2/c1-31-23-10-6-19(7-11-23)17-27-25(30)28-22-8-4-20(5-9-22)18-29-16-2-3-24(29)21-12-14-26-15-13-21/h4-15,24H,2-3,16-18H2,1H3,(H2,27,28,30). The normalized spacial score (nSPS) is 16.1. The molecule has 1 aliphatic heterocycles. The Bertz CT molecular complexity index is 975. The molecule has 160 valence electrons. The lowest BCUT2D eigenvalue weighted by Crippen LogP contribution is -2.28. The highest BCUT2D eigenvalue weighted by atomic mass is 16.5. The van der Waals surface area contributed by atoms with Crippen LogP contribution in [0.1, 0.15) is 35.6 Å². The molecule has 4 rings (SSSR count). The molecule has 0 spiro atoms. The lowest BCUT2D eigenvalue weighted by Gasteiger charge is -2.25. The van der Waals surface area contributed by atoms with Crippen molar-refractivity contribution in [3.05, 3.63) is 89.7 Å². The third-order valence-electron chi connectivity index (χ3n) is 5.66. The van der Waals surface area contributed by atoms with Gasteiger partial charge in [0.2, 0.25) is 0 Å². The summed E-state index contributed by atoms with van der Waals surface area (Å²) in [5.41, 5.74) is 4.37. The molecule has 2 N–H and O–H groups in total. The van der Waals surface area contributed by atoms with E-state index in [2.05, 4.69) is 44.8 Å². The number of amides is 2. The third-order valence-corrected chi connectivity index (χ3v) is 5.66. The maximum atomic E-state index is 12.2. The van der Waals surface area contributed by atoms with Gasteiger partial charge in [-0.15, -0.1) is 0 Å². The number of benzene rings is 2. The van der Waals surface area contributed by atoms with Gasteiger partial charge < -0.3 is 15.4 Å². The zero-order chi connectivity index (χ0) is 21.5. The van der Waals surface area contributed by atoms with Gasteiger partial charge in [0.05, 0.1) is 7.11 Å². The Morgan fingerprint density at radius 3 is 2.45 bits per heavy atom. The zero-order valence-electron chi connectivity index (χ0n) is 17.8. The number of aromatic nitrogens is 1. The second kappa shape index (κ2) is 10.1. The van der Waals surface area contributed by atoms with E-state index < -0.39 is 0 Å². The van der Waals surface area contributed by atoms with Gasteiger partial charge in [0.25, 0.3) is 0 Å². The number of urea groups is 1. The Morgan fingerprint density at radius 2 is 1.74 bits per heavy atom. The van der Waals surface area contributed by atoms with E-state index in [1.54, 1.807) is 7.11 Å². The highest BCUT2D eigenvalue weighted by molar-refractivity contribution is 5.89. The van der Waals surface area contributed by atoms with Gasteiger partial charge >= 0.3 is 6.03 Å². The molecule has 1 saturated heterocycles. The summed E-state index contributed by atoms with van der Waals surface area (Å²) in [5.74, 6) is 0.800. The summed E-state index contributed by atoms with van der Waals surface area (Å²) in [6.07, 6.45) is 6.12. The molecule has 3 aromatic rings. The molecule has 0 saturated carbocycles. The Kier molecular flexibility index (Phi) is 6.79. The molecular weight excluding hydrogens is 388 g/mol. The van der Waals surface area contributed by atoms with Crippen LogP contribution in [-0.4, -0.2) is 29.6 Å². The minimum Gasteiger partial charge on any atom is -0.497 e. The molecule has 31 heavy (non-hydrogen) atoms. The monoisotopic (exact) mass is 416 g/mol. The van der Waals surface area contributed by atoms with Crippen LogP contribution in [0.3, 0.4) is 0 Å². The fourth-order valence-electron chi connectivity index (χ4n) is 4.01. The lowest BCUT2D eigenvalue weighted by atomic mass is 10.1. The maximum absolute atomic E-state index is 12.2. The van der Waals surface area contributed by atoms with Crippen molar-refractivity contribution >= 4 is 11.7 Å². The van der Waals surface area contributed by atoms with E-state index in [1.807, 2.05) is 48.8 Å². The van der Waals surface area contributed by atoms with E-state index in [9.17, 15) is 4.79 Å². The van der Waals surface area contributed by atoms with E-state index in [0.717, 1.165) is 30.1 Å². The van der Waals surface area contributed by atoms with Crippen molar-refractivity contribution < 1.29 is 9.53 Å². The lowest BCUT2D eigenvalue weighted by molar-refractivity contribution is 0.248. The number of nitrogens with zero attached hydrogens (tertiary/aromatic N) is 2. The molecule has 1 unspecified atom stereocenters. The number of carbonyl (C=O) groups excluding carboxylic acids is 1. The summed E-state index contributed by atoms with van der Waals surface area (Å²) in [4.78, 5) is 18.9. The van der Waals surface area contributed by atoms with Gasteiger partial charge in [-0.3, -0.25) is 9.88 Å². The number of methoxy groups -OCH3 is 1. The molecule has 0 radical (unpaired) electrons. The van der Waals surface area contributed by atoms with Crippen molar-refractivity contribution in [2.45, 2.75) is 32.0 Å². The Balaban J connectivity index is 1.28. The van der Waals surface area contributed by atoms with Crippen molar-refractivity contribution in [2.24, 2.45) is 0 Å². The molecule has 2 heterocycles. The fourth-order valence-corrected chi connectivity index (χ4v) is 4.01. The number of hydrogen-bond acceptors (Lipinski definition) is 4. The second-order valence-electron chi connectivity index (χ2n) is 7.76. The van der Waals surface area contributed by atoms with Crippen LogP contribution in [0.15, 0.2) is 73.1 Å². The molecule has 1 aliphatic rings. The molecule has 6 nitrogen and oxygen atoms in total. The molecule has 1 fully saturated rings. The summed E-state index contributed by atoms with van der Waals surface area (Å²) >= 11 is 0. The molecular formula is C25H28N4O2. The molecule has 1 atom stereocenters. The van der Waals surface area contributed by atoms with Gasteiger partial charge in [-0.2, -0.15) is 0 Å². The molecule has 2 aromatic carbocycles. The van der Waals surface area contributed by atoms with Crippen molar-refractivity contribution in [2.75, 3.05) is 19.0 Å². The molecule has 1 aromatic heterocycles. The number of rotatable bonds is 7. The topological polar surface area (TPSA) is 66.5 Å². The predicted octanol–water partition coefficient (Wildman–Crippen LogP) is 4.75. The van der Waals surface area contributed by atoms with E-state index in [-0.39, 0.29) is 6.03 Å². The average molecular weight is 417 g/mol. The van der Waals surface area contributed by atoms with E-state index in [1.165, 1.54) is 24.0 Å². The van der Waals surface area contributed by atoms with Gasteiger partial charge in [-0.25, -0.2) is 4.79 Å². The molecule has 6 heteroatoms. The van der Waals surface area contributed by atoms with Crippen LogP contribution in [-0.2, 0) is 13.1 Å². The number of hydrogen-bond donors (Lipinski definition) is 2. The minimum atomic E-state index is -0.221. The minimum absolute atomic E-state index is 0.221. The van der Waals surface area contributed by atoms with Crippen molar-refractivity contribution in [1.29, 1.82) is 0 Å². The number of likely N-dealkylation sites (tertiary alicyclic amines) is 1. The summed E-state index contributed by atoms with van der Waals surface area (Å²) in [6, 6.07) is 20.2. The van der Waals surface area contributed by atoms with E-state index in [4.69, 9.17) is 4.74 Å². The van der Waals surface area contributed by atoms with Crippen LogP contribution in [0.2, 0.25) is 0 Å². The number of anilines is 1. The second-order valence-corrected chi connectivity index (χ2v) is 7.76. The Labute approximate surface area is 183 Å². The van der Waals surface area contributed by atoms with Crippen molar-refractivity contribution in [3.63, 3.8) is 0 Å². The van der Waals surface area contributed by atoms with Crippen molar-refractivity contribution in [1.82, 2.24) is 15.2 Å². The first-order chi connectivity index (χ1) is 15.2. The quantitative estimate of drug-likeness (QED) is 0.583. The summed E-state index contributed by atoms with van der Waals surface area (Å²) in [6.45, 7) is 2.46. The predicted molar refractivity (Wildman–Crippen MR) is 122 cm³/mol. The SMILES string of the molecule is COc1ccc(CNC(=O)Nc2ccc(CN3CCCC3c3ccncc3)cc2)cc1. The van der Waals surface area contributed by atoms with Crippen LogP contribution in [0.5, 0.6) is 5.75 Å². The summed E-state index contributed by atoms with van der Waals surface area (Å²) in [7, 11) is 1.64. The number of ether oxygens (including phenoxy) is 1. The highest BCUT2D eigenvalue weighted by Gasteiger charge is 2.25. The van der Waals surface area contributed by atoms with Crippen LogP contribution in [0.4, 0.5) is 10.5 Å². The highest BCUT2D eigenvalue weighted by Crippen LogP contribution is 2.32. The average Bonchev–Trinajstić information content (AvgIpc) is 3.28. The zero-order valence-corrected chi connectivity index (χ0v) is 17.8. The van der Waals surface area contributed by atoms with Gasteiger partial charge in [0.1, 0.15) is 5.75 Å². The van der Waals surface area contributed by atoms with Gasteiger partial charge in [-0.1, -0.05) is 24.3 Å². The fraction of sp³-hybridized carbons (Fsp3) is 0.280. The van der Waals surface area contributed by atoms with Gasteiger partial charge in [-0.05, 0) is 72.5 Å². The number of carbonyl (C=O) groups is 1. The van der Waals surface area contributed by atoms with Crippen LogP contribution in [0, 0.1) is 0 Å². The van der Waals surface area contributed by atoms with Crippen LogP contribution in [0.25, 0.3) is 0 Å². The molecule has 0 aliphatic carbocycles. The van der Waals surface area contributed by atoms with Crippen molar-refractivity contribution in [3.8, 4) is 5.75 Å².